The number of hydrogen-bond acceptors (Lipinski definition) is 3. The summed E-state index contributed by atoms with van der Waals surface area (Å²) in [6, 6.07) is 24.9. The summed E-state index contributed by atoms with van der Waals surface area (Å²) in [5.41, 5.74) is 2.93. The van der Waals surface area contributed by atoms with Crippen LogP contribution in [0.5, 0.6) is 11.5 Å². The summed E-state index contributed by atoms with van der Waals surface area (Å²) in [4.78, 5) is 26.7. The molecule has 1 aliphatic heterocycles. The Hall–Kier alpha value is -3.60. The highest BCUT2D eigenvalue weighted by atomic mass is 16.5. The molecule has 0 aliphatic carbocycles. The van der Waals surface area contributed by atoms with Gasteiger partial charge in [-0.15, -0.1) is 0 Å². The van der Waals surface area contributed by atoms with Crippen LogP contribution in [0.15, 0.2) is 78.9 Å². The van der Waals surface area contributed by atoms with Crippen molar-refractivity contribution in [1.82, 2.24) is 4.90 Å². The fraction of sp³-hybridized carbons (Fsp3) is 0.200. The Morgan fingerprint density at radius 1 is 0.967 bits per heavy atom. The minimum atomic E-state index is -0.343. The van der Waals surface area contributed by atoms with Gasteiger partial charge in [-0.2, -0.15) is 0 Å². The van der Waals surface area contributed by atoms with Crippen LogP contribution in [0.1, 0.15) is 17.5 Å². The molecular formula is C25H24N2O3. The smallest absolute Gasteiger partial charge is 0.229 e. The van der Waals surface area contributed by atoms with E-state index in [-0.39, 0.29) is 24.2 Å². The van der Waals surface area contributed by atoms with Crippen LogP contribution in [0.3, 0.4) is 0 Å². The van der Waals surface area contributed by atoms with Gasteiger partial charge in [-0.3, -0.25) is 9.59 Å². The molecule has 1 atom stereocenters. The summed E-state index contributed by atoms with van der Waals surface area (Å²) in [6.07, 6.45) is 0.243. The third kappa shape index (κ3) is 4.87. The Labute approximate surface area is 176 Å². The Bertz CT molecular complexity index is 1010. The van der Waals surface area contributed by atoms with Gasteiger partial charge >= 0.3 is 0 Å². The second-order valence-corrected chi connectivity index (χ2v) is 7.59. The number of hydrogen-bond donors (Lipinski definition) is 1. The predicted octanol–water partition coefficient (Wildman–Crippen LogP) is 4.77. The molecule has 0 bridgehead atoms. The molecular weight excluding hydrogens is 376 g/mol. The zero-order chi connectivity index (χ0) is 20.9. The van der Waals surface area contributed by atoms with Crippen molar-refractivity contribution in [2.24, 2.45) is 5.92 Å². The van der Waals surface area contributed by atoms with Crippen LogP contribution in [0, 0.1) is 12.8 Å². The summed E-state index contributed by atoms with van der Waals surface area (Å²) < 4.78 is 5.81. The van der Waals surface area contributed by atoms with Gasteiger partial charge in [-0.25, -0.2) is 0 Å². The molecule has 152 valence electrons. The fourth-order valence-electron chi connectivity index (χ4n) is 3.50. The largest absolute Gasteiger partial charge is 0.457 e. The van der Waals surface area contributed by atoms with Crippen LogP contribution in [0.4, 0.5) is 5.69 Å². The number of benzene rings is 3. The monoisotopic (exact) mass is 400 g/mol. The summed E-state index contributed by atoms with van der Waals surface area (Å²) in [6.45, 7) is 3.00. The predicted molar refractivity (Wildman–Crippen MR) is 116 cm³/mol. The maximum atomic E-state index is 12.6. The van der Waals surface area contributed by atoms with Crippen LogP contribution in [0.25, 0.3) is 0 Å². The van der Waals surface area contributed by atoms with Crippen LogP contribution >= 0.6 is 0 Å². The van der Waals surface area contributed by atoms with Gasteiger partial charge in [0, 0.05) is 25.2 Å². The van der Waals surface area contributed by atoms with Crippen molar-refractivity contribution >= 4 is 17.5 Å². The Morgan fingerprint density at radius 2 is 1.60 bits per heavy atom. The minimum absolute atomic E-state index is 0.0147. The number of carbonyl (C=O) groups excluding carboxylic acids is 2. The van der Waals surface area contributed by atoms with E-state index >= 15 is 0 Å². The van der Waals surface area contributed by atoms with Crippen molar-refractivity contribution in [2.45, 2.75) is 19.9 Å². The van der Waals surface area contributed by atoms with Gasteiger partial charge in [0.1, 0.15) is 11.5 Å². The van der Waals surface area contributed by atoms with E-state index in [4.69, 9.17) is 4.74 Å². The lowest BCUT2D eigenvalue weighted by Gasteiger charge is -2.16. The van der Waals surface area contributed by atoms with Gasteiger partial charge in [0.15, 0.2) is 0 Å². The molecule has 1 saturated heterocycles. The first kappa shape index (κ1) is 19.7. The number of nitrogens with zero attached hydrogens (tertiary/aromatic N) is 1. The van der Waals surface area contributed by atoms with Crippen LogP contribution < -0.4 is 10.1 Å². The van der Waals surface area contributed by atoms with E-state index in [1.165, 1.54) is 5.56 Å². The molecule has 0 saturated carbocycles. The van der Waals surface area contributed by atoms with Gasteiger partial charge in [0.05, 0.1) is 5.92 Å². The van der Waals surface area contributed by atoms with E-state index in [1.54, 1.807) is 17.0 Å². The van der Waals surface area contributed by atoms with Crippen molar-refractivity contribution in [3.05, 3.63) is 90.0 Å². The summed E-state index contributed by atoms with van der Waals surface area (Å²) in [7, 11) is 0. The summed E-state index contributed by atoms with van der Waals surface area (Å²) in [5.74, 6) is 0.999. The van der Waals surface area contributed by atoms with E-state index < -0.39 is 0 Å². The summed E-state index contributed by atoms with van der Waals surface area (Å²) >= 11 is 0. The zero-order valence-corrected chi connectivity index (χ0v) is 16.9. The average molecular weight is 400 g/mol. The first-order valence-electron chi connectivity index (χ1n) is 10.0. The molecule has 3 aromatic rings. The lowest BCUT2D eigenvalue weighted by Crippen LogP contribution is -2.28. The van der Waals surface area contributed by atoms with Gasteiger partial charge in [-0.05, 0) is 48.9 Å². The standard InChI is InChI=1S/C25H24N2O3/c1-18-7-11-22(12-8-18)30-23-13-9-21(10-14-23)26-25(29)20-15-24(28)27(17-20)16-19-5-3-2-4-6-19/h2-14,20H,15-17H2,1H3,(H,26,29)/t20-/m1/s1. The van der Waals surface area contributed by atoms with E-state index in [2.05, 4.69) is 5.32 Å². The van der Waals surface area contributed by atoms with Crippen LogP contribution in [-0.4, -0.2) is 23.3 Å². The van der Waals surface area contributed by atoms with Crippen molar-refractivity contribution in [2.75, 3.05) is 11.9 Å². The van der Waals surface area contributed by atoms with Crippen LogP contribution in [-0.2, 0) is 16.1 Å². The number of aryl methyl sites for hydroxylation is 1. The first-order chi connectivity index (χ1) is 14.6. The molecule has 5 heteroatoms. The third-order valence-corrected chi connectivity index (χ3v) is 5.18. The quantitative estimate of drug-likeness (QED) is 0.648. The third-order valence-electron chi connectivity index (χ3n) is 5.18. The molecule has 2 amide bonds. The molecule has 0 radical (unpaired) electrons. The minimum Gasteiger partial charge on any atom is -0.457 e. The van der Waals surface area contributed by atoms with Gasteiger partial charge in [-0.1, -0.05) is 48.0 Å². The number of likely N-dealkylation sites (tertiary alicyclic amines) is 1. The van der Waals surface area contributed by atoms with Crippen LogP contribution in [0.2, 0.25) is 0 Å². The highest BCUT2D eigenvalue weighted by molar-refractivity contribution is 5.97. The van der Waals surface area contributed by atoms with E-state index in [0.717, 1.165) is 11.3 Å². The molecule has 5 nitrogen and oxygen atoms in total. The molecule has 1 aliphatic rings. The van der Waals surface area contributed by atoms with Crippen molar-refractivity contribution in [3.8, 4) is 11.5 Å². The molecule has 30 heavy (non-hydrogen) atoms. The number of ether oxygens (including phenoxy) is 1. The SMILES string of the molecule is Cc1ccc(Oc2ccc(NC(=O)[C@@H]3CC(=O)N(Cc4ccccc4)C3)cc2)cc1. The fourth-order valence-corrected chi connectivity index (χ4v) is 3.50. The zero-order valence-electron chi connectivity index (χ0n) is 16.9. The molecule has 0 aromatic heterocycles. The topological polar surface area (TPSA) is 58.6 Å². The lowest BCUT2D eigenvalue weighted by atomic mass is 10.1. The Morgan fingerprint density at radius 3 is 2.27 bits per heavy atom. The second-order valence-electron chi connectivity index (χ2n) is 7.59. The van der Waals surface area contributed by atoms with E-state index in [1.807, 2.05) is 73.7 Å². The lowest BCUT2D eigenvalue weighted by molar-refractivity contribution is -0.128. The maximum absolute atomic E-state index is 12.6. The Balaban J connectivity index is 1.32. The molecule has 3 aromatic carbocycles. The molecule has 1 heterocycles. The maximum Gasteiger partial charge on any atom is 0.229 e. The number of carbonyl (C=O) groups is 2. The highest BCUT2D eigenvalue weighted by Crippen LogP contribution is 2.25. The normalized spacial score (nSPS) is 15.8. The van der Waals surface area contributed by atoms with Crippen molar-refractivity contribution in [3.63, 3.8) is 0 Å². The molecule has 0 spiro atoms. The van der Waals surface area contributed by atoms with E-state index in [9.17, 15) is 9.59 Å². The second kappa shape index (κ2) is 8.82. The first-order valence-corrected chi connectivity index (χ1v) is 10.0. The van der Waals surface area contributed by atoms with E-state index in [0.29, 0.717) is 24.5 Å². The number of anilines is 1. The van der Waals surface area contributed by atoms with Gasteiger partial charge in [0.2, 0.25) is 11.8 Å². The number of rotatable bonds is 6. The summed E-state index contributed by atoms with van der Waals surface area (Å²) in [5, 5.41) is 2.91. The average Bonchev–Trinajstić information content (AvgIpc) is 3.12. The highest BCUT2D eigenvalue weighted by Gasteiger charge is 2.34. The van der Waals surface area contributed by atoms with Gasteiger partial charge in [0.25, 0.3) is 0 Å². The molecule has 1 fully saturated rings. The number of nitrogens with one attached hydrogen (secondary N) is 1. The van der Waals surface area contributed by atoms with Crippen molar-refractivity contribution < 1.29 is 14.3 Å². The molecule has 1 N–H and O–H groups in total. The molecule has 4 rings (SSSR count). The Kier molecular flexibility index (Phi) is 5.80. The van der Waals surface area contributed by atoms with Crippen molar-refractivity contribution in [1.29, 1.82) is 0 Å². The number of amides is 2. The molecule has 0 unspecified atom stereocenters. The van der Waals surface area contributed by atoms with Gasteiger partial charge < -0.3 is 15.0 Å².